The summed E-state index contributed by atoms with van der Waals surface area (Å²) >= 11 is 0. The van der Waals surface area contributed by atoms with Crippen LogP contribution in [0.15, 0.2) is 72.8 Å². The summed E-state index contributed by atoms with van der Waals surface area (Å²) in [5.41, 5.74) is 8.54. The molecule has 1 heterocycles. The fourth-order valence-corrected chi connectivity index (χ4v) is 3.84. The molecule has 1 aliphatic heterocycles. The number of nitrogens with one attached hydrogen (secondary N) is 1. The summed E-state index contributed by atoms with van der Waals surface area (Å²) in [5, 5.41) is 2.76. The van der Waals surface area contributed by atoms with E-state index in [9.17, 15) is 9.59 Å². The number of benzene rings is 3. The Balaban J connectivity index is 1.46. The monoisotopic (exact) mass is 489 g/mol. The van der Waals surface area contributed by atoms with Crippen molar-refractivity contribution >= 4 is 17.7 Å². The largest absolute Gasteiger partial charge is 0.454 e. The fourth-order valence-electron chi connectivity index (χ4n) is 3.84. The van der Waals surface area contributed by atoms with E-state index in [1.54, 1.807) is 29.2 Å². The SMILES string of the molecule is CC(C)(CN)CN(Cc1cccc(NC(=O)OCc2ccccc2)c1)C(=O)c1ccc2c(c1)OCO2. The minimum absolute atomic E-state index is 0.143. The Morgan fingerprint density at radius 1 is 0.972 bits per heavy atom. The maximum absolute atomic E-state index is 13.5. The summed E-state index contributed by atoms with van der Waals surface area (Å²) in [4.78, 5) is 27.6. The molecule has 0 fully saturated rings. The number of fused-ring (bicyclic) bond motifs is 1. The molecule has 0 radical (unpaired) electrons. The molecule has 0 saturated carbocycles. The molecule has 0 aliphatic carbocycles. The van der Waals surface area contributed by atoms with Gasteiger partial charge in [-0.1, -0.05) is 56.3 Å². The number of carbonyl (C=O) groups is 2. The molecule has 0 unspecified atom stereocenters. The molecule has 0 atom stereocenters. The highest BCUT2D eigenvalue weighted by atomic mass is 16.7. The van der Waals surface area contributed by atoms with Gasteiger partial charge in [0.25, 0.3) is 5.91 Å². The third kappa shape index (κ3) is 6.55. The number of anilines is 1. The first-order chi connectivity index (χ1) is 17.3. The van der Waals surface area contributed by atoms with E-state index in [0.29, 0.717) is 42.4 Å². The van der Waals surface area contributed by atoms with Crippen molar-refractivity contribution in [3.63, 3.8) is 0 Å². The van der Waals surface area contributed by atoms with E-state index in [1.165, 1.54) is 0 Å². The Hall–Kier alpha value is -4.04. The molecule has 0 saturated heterocycles. The molecule has 0 aromatic heterocycles. The smallest absolute Gasteiger partial charge is 0.411 e. The number of nitrogens with two attached hydrogens (primary N) is 1. The van der Waals surface area contributed by atoms with Crippen LogP contribution >= 0.6 is 0 Å². The highest BCUT2D eigenvalue weighted by Gasteiger charge is 2.26. The van der Waals surface area contributed by atoms with Crippen LogP contribution < -0.4 is 20.5 Å². The lowest BCUT2D eigenvalue weighted by atomic mass is 9.92. The van der Waals surface area contributed by atoms with Crippen LogP contribution in [0.1, 0.15) is 35.3 Å². The van der Waals surface area contributed by atoms with E-state index >= 15 is 0 Å². The first-order valence-corrected chi connectivity index (χ1v) is 11.8. The number of nitrogens with zero attached hydrogens (tertiary/aromatic N) is 1. The van der Waals surface area contributed by atoms with Crippen molar-refractivity contribution in [2.75, 3.05) is 25.2 Å². The number of hydrogen-bond acceptors (Lipinski definition) is 6. The average molecular weight is 490 g/mol. The average Bonchev–Trinajstić information content (AvgIpc) is 3.35. The Morgan fingerprint density at radius 3 is 2.50 bits per heavy atom. The number of ether oxygens (including phenoxy) is 3. The standard InChI is InChI=1S/C28H31N3O5/c1-28(2,17-29)18-31(26(32)22-11-12-24-25(14-22)36-19-35-24)15-21-9-6-10-23(13-21)30-27(33)34-16-20-7-4-3-5-8-20/h3-14H,15-19,29H2,1-2H3,(H,30,33). The van der Waals surface area contributed by atoms with Gasteiger partial charge in [0.05, 0.1) is 0 Å². The summed E-state index contributed by atoms with van der Waals surface area (Å²) in [5.74, 6) is 1.04. The van der Waals surface area contributed by atoms with Crippen molar-refractivity contribution in [1.29, 1.82) is 0 Å². The molecule has 0 spiro atoms. The molecule has 4 rings (SSSR count). The first-order valence-electron chi connectivity index (χ1n) is 11.8. The summed E-state index contributed by atoms with van der Waals surface area (Å²) in [7, 11) is 0. The normalized spacial score (nSPS) is 12.2. The minimum atomic E-state index is -0.548. The van der Waals surface area contributed by atoms with Crippen LogP contribution in [-0.4, -0.2) is 36.8 Å². The van der Waals surface area contributed by atoms with Crippen molar-refractivity contribution in [2.45, 2.75) is 27.0 Å². The van der Waals surface area contributed by atoms with E-state index in [1.807, 2.05) is 62.4 Å². The topological polar surface area (TPSA) is 103 Å². The van der Waals surface area contributed by atoms with Gasteiger partial charge in [0.15, 0.2) is 11.5 Å². The zero-order chi connectivity index (χ0) is 25.5. The third-order valence-corrected chi connectivity index (χ3v) is 5.84. The van der Waals surface area contributed by atoms with E-state index in [-0.39, 0.29) is 24.7 Å². The highest BCUT2D eigenvalue weighted by Crippen LogP contribution is 2.33. The van der Waals surface area contributed by atoms with E-state index in [0.717, 1.165) is 11.1 Å². The maximum Gasteiger partial charge on any atom is 0.411 e. The van der Waals surface area contributed by atoms with Crippen LogP contribution in [0.25, 0.3) is 0 Å². The number of carbonyl (C=O) groups excluding carboxylic acids is 2. The quantitative estimate of drug-likeness (QED) is 0.448. The molecule has 1 aliphatic rings. The Kier molecular flexibility index (Phi) is 7.75. The van der Waals surface area contributed by atoms with Gasteiger partial charge in [-0.3, -0.25) is 10.1 Å². The van der Waals surface area contributed by atoms with Crippen LogP contribution in [0.5, 0.6) is 11.5 Å². The van der Waals surface area contributed by atoms with Crippen molar-refractivity contribution in [3.8, 4) is 11.5 Å². The Labute approximate surface area is 211 Å². The zero-order valence-corrected chi connectivity index (χ0v) is 20.5. The second-order valence-electron chi connectivity index (χ2n) is 9.48. The van der Waals surface area contributed by atoms with Crippen LogP contribution in [0.3, 0.4) is 0 Å². The van der Waals surface area contributed by atoms with Crippen LogP contribution in [0, 0.1) is 5.41 Å². The lowest BCUT2D eigenvalue weighted by Crippen LogP contribution is -2.41. The molecule has 8 nitrogen and oxygen atoms in total. The number of hydrogen-bond donors (Lipinski definition) is 2. The van der Waals surface area contributed by atoms with Crippen LogP contribution in [0.4, 0.5) is 10.5 Å². The number of amides is 2. The maximum atomic E-state index is 13.5. The highest BCUT2D eigenvalue weighted by molar-refractivity contribution is 5.95. The van der Waals surface area contributed by atoms with Gasteiger partial charge in [-0.2, -0.15) is 0 Å². The summed E-state index contributed by atoms with van der Waals surface area (Å²) in [6.07, 6.45) is -0.548. The van der Waals surface area contributed by atoms with Crippen LogP contribution in [0.2, 0.25) is 0 Å². The van der Waals surface area contributed by atoms with Gasteiger partial charge in [-0.25, -0.2) is 4.79 Å². The molecular weight excluding hydrogens is 458 g/mol. The van der Waals surface area contributed by atoms with Crippen molar-refractivity contribution in [2.24, 2.45) is 11.1 Å². The van der Waals surface area contributed by atoms with E-state index < -0.39 is 6.09 Å². The van der Waals surface area contributed by atoms with Gasteiger partial charge < -0.3 is 24.8 Å². The summed E-state index contributed by atoms with van der Waals surface area (Å²) in [6, 6.07) is 22.0. The predicted molar refractivity (Wildman–Crippen MR) is 137 cm³/mol. The molecule has 3 aromatic carbocycles. The molecule has 2 amide bonds. The number of rotatable bonds is 9. The minimum Gasteiger partial charge on any atom is -0.454 e. The van der Waals surface area contributed by atoms with Gasteiger partial charge in [-0.15, -0.1) is 0 Å². The lowest BCUT2D eigenvalue weighted by molar-refractivity contribution is 0.0673. The van der Waals surface area contributed by atoms with Crippen molar-refractivity contribution < 1.29 is 23.8 Å². The van der Waals surface area contributed by atoms with Gasteiger partial charge >= 0.3 is 6.09 Å². The molecule has 188 valence electrons. The first kappa shape index (κ1) is 25.1. The van der Waals surface area contributed by atoms with Gasteiger partial charge in [0, 0.05) is 24.3 Å². The van der Waals surface area contributed by atoms with Crippen LogP contribution in [-0.2, 0) is 17.9 Å². The lowest BCUT2D eigenvalue weighted by Gasteiger charge is -2.32. The molecule has 0 bridgehead atoms. The third-order valence-electron chi connectivity index (χ3n) is 5.84. The molecule has 3 N–H and O–H groups in total. The second kappa shape index (κ2) is 11.1. The Morgan fingerprint density at radius 2 is 1.72 bits per heavy atom. The van der Waals surface area contributed by atoms with Gasteiger partial charge in [-0.05, 0) is 53.4 Å². The van der Waals surface area contributed by atoms with E-state index in [2.05, 4.69) is 5.32 Å². The van der Waals surface area contributed by atoms with Crippen molar-refractivity contribution in [3.05, 3.63) is 89.5 Å². The molecule has 36 heavy (non-hydrogen) atoms. The van der Waals surface area contributed by atoms with Gasteiger partial charge in [0.1, 0.15) is 6.61 Å². The second-order valence-corrected chi connectivity index (χ2v) is 9.48. The fraction of sp³-hybridized carbons (Fsp3) is 0.286. The Bertz CT molecular complexity index is 1210. The van der Waals surface area contributed by atoms with E-state index in [4.69, 9.17) is 19.9 Å². The molecule has 3 aromatic rings. The van der Waals surface area contributed by atoms with Gasteiger partial charge in [0.2, 0.25) is 6.79 Å². The van der Waals surface area contributed by atoms with Crippen molar-refractivity contribution in [1.82, 2.24) is 4.90 Å². The summed E-state index contributed by atoms with van der Waals surface area (Å²) in [6.45, 7) is 5.58. The molecule has 8 heteroatoms. The zero-order valence-electron chi connectivity index (χ0n) is 20.5. The molecular formula is C28H31N3O5. The summed E-state index contributed by atoms with van der Waals surface area (Å²) < 4.78 is 16.1. The predicted octanol–water partition coefficient (Wildman–Crippen LogP) is 4.79.